The second-order valence-corrected chi connectivity index (χ2v) is 19.6. The molecule has 0 saturated carbocycles. The van der Waals surface area contributed by atoms with Gasteiger partial charge in [0.1, 0.15) is 27.8 Å². The van der Waals surface area contributed by atoms with E-state index in [0.717, 1.165) is 32.9 Å². The van der Waals surface area contributed by atoms with E-state index in [-0.39, 0.29) is 44.6 Å². The van der Waals surface area contributed by atoms with Crippen molar-refractivity contribution in [1.82, 2.24) is 24.9 Å². The Labute approximate surface area is 425 Å². The standard InChI is InChI=1S/C41H43Cl2N13O6S4.O3S/c1-7-55(8-2)30-18-26(28(20-32(30)61-5)51-53-40-46-24-13-11-22(42)17-34(24)64-40)44-37-48-38(50-39(49-37)63-16-15-57)45-27-19-31(56(9-3)10-4)33(62-6)21-29(27)52-54-41-47-25-14-12-23(43)36(35(25)65-41)66(58,59)60;1-4(2)3/h11-14,17-21,57H,7-10,15-16H2,1-6H3,(H,58,59,60)(H2,44,45,48,49,50);. The highest BCUT2D eigenvalue weighted by Crippen LogP contribution is 2.44. The van der Waals surface area contributed by atoms with E-state index in [4.69, 9.17) is 60.3 Å². The number of halogens is 2. The molecule has 7 aromatic rings. The first-order valence-corrected chi connectivity index (χ1v) is 26.5. The molecule has 0 unspecified atom stereocenters. The van der Waals surface area contributed by atoms with Crippen molar-refractivity contribution in [3.05, 3.63) is 64.6 Å². The zero-order chi connectivity index (χ0) is 50.7. The second-order valence-electron chi connectivity index (χ2n) is 13.9. The minimum Gasteiger partial charge on any atom is -0.494 e. The molecule has 0 saturated heterocycles. The number of aliphatic hydroxyl groups is 1. The predicted molar refractivity (Wildman–Crippen MR) is 274 cm³/mol. The van der Waals surface area contributed by atoms with Crippen LogP contribution in [0, 0.1) is 0 Å². The summed E-state index contributed by atoms with van der Waals surface area (Å²) in [6.07, 6.45) is 0. The van der Waals surface area contributed by atoms with Crippen LogP contribution in [-0.4, -0.2) is 108 Å². The number of anilines is 6. The summed E-state index contributed by atoms with van der Waals surface area (Å²) in [5.74, 6) is 1.62. The van der Waals surface area contributed by atoms with Gasteiger partial charge in [0.2, 0.25) is 22.2 Å². The predicted octanol–water partition coefficient (Wildman–Crippen LogP) is 10.8. The number of ether oxygens (including phenoxy) is 2. The number of nitrogens with zero attached hydrogens (tertiary/aromatic N) is 11. The fraction of sp³-hybridized carbons (Fsp3) is 0.293. The third kappa shape index (κ3) is 13.3. The smallest absolute Gasteiger partial charge is 0.425 e. The van der Waals surface area contributed by atoms with Crippen LogP contribution in [0.3, 0.4) is 0 Å². The van der Waals surface area contributed by atoms with Crippen LogP contribution in [0.1, 0.15) is 27.7 Å². The van der Waals surface area contributed by atoms with Crippen molar-refractivity contribution >= 4 is 155 Å². The molecule has 3 aromatic heterocycles. The number of aliphatic hydroxyl groups excluding tert-OH is 1. The average molecular weight is 1090 g/mol. The van der Waals surface area contributed by atoms with E-state index in [2.05, 4.69) is 50.9 Å². The molecule has 29 heteroatoms. The highest BCUT2D eigenvalue weighted by molar-refractivity contribution is 7.99. The number of hydrogen-bond donors (Lipinski definition) is 4. The lowest BCUT2D eigenvalue weighted by Gasteiger charge is -2.25. The zero-order valence-corrected chi connectivity index (χ0v) is 43.5. The maximum Gasteiger partial charge on any atom is 0.425 e. The van der Waals surface area contributed by atoms with Crippen molar-refractivity contribution < 1.29 is 40.2 Å². The van der Waals surface area contributed by atoms with E-state index in [1.54, 1.807) is 32.4 Å². The van der Waals surface area contributed by atoms with Gasteiger partial charge in [0.05, 0.1) is 69.0 Å². The molecule has 0 fully saturated rings. The number of thioether (sulfide) groups is 1. The Morgan fingerprint density at radius 3 is 1.70 bits per heavy atom. The van der Waals surface area contributed by atoms with Crippen LogP contribution >= 0.6 is 57.6 Å². The summed E-state index contributed by atoms with van der Waals surface area (Å²) in [5.41, 5.74) is 4.14. The third-order valence-corrected chi connectivity index (χ3v) is 14.2. The molecule has 70 heavy (non-hydrogen) atoms. The Morgan fingerprint density at radius 2 is 1.21 bits per heavy atom. The molecular weight excluding hydrogens is 1050 g/mol. The molecule has 0 amide bonds. The summed E-state index contributed by atoms with van der Waals surface area (Å²) in [4.78, 5) is 27.0. The van der Waals surface area contributed by atoms with Gasteiger partial charge in [-0.05, 0) is 70.2 Å². The molecule has 3 heterocycles. The number of azo groups is 2. The lowest BCUT2D eigenvalue weighted by atomic mass is 10.2. The van der Waals surface area contributed by atoms with Crippen molar-refractivity contribution in [1.29, 1.82) is 0 Å². The van der Waals surface area contributed by atoms with E-state index in [9.17, 15) is 18.1 Å². The summed E-state index contributed by atoms with van der Waals surface area (Å²) >= 11 is 15.9. The first-order chi connectivity index (χ1) is 33.5. The largest absolute Gasteiger partial charge is 0.494 e. The van der Waals surface area contributed by atoms with Crippen molar-refractivity contribution in [3.63, 3.8) is 0 Å². The number of nitrogens with one attached hydrogen (secondary N) is 2. The number of methoxy groups -OCH3 is 2. The highest BCUT2D eigenvalue weighted by Gasteiger charge is 2.23. The molecule has 0 atom stereocenters. The quantitative estimate of drug-likeness (QED) is 0.0313. The van der Waals surface area contributed by atoms with E-state index in [0.29, 0.717) is 75.8 Å². The number of aromatic nitrogens is 5. The molecular formula is C41H43Cl2N13O9S5. The zero-order valence-electron chi connectivity index (χ0n) is 37.9. The Hall–Kier alpha value is -5.91. The Kier molecular flexibility index (Phi) is 18.5. The molecule has 4 N–H and O–H groups in total. The van der Waals surface area contributed by atoms with Gasteiger partial charge in [0.15, 0.2) is 5.16 Å². The topological polar surface area (TPSA) is 289 Å². The summed E-state index contributed by atoms with van der Waals surface area (Å²) in [6.45, 7) is 10.7. The number of rotatable bonds is 20. The molecule has 7 rings (SSSR count). The van der Waals surface area contributed by atoms with Crippen LogP contribution in [0.2, 0.25) is 10.0 Å². The summed E-state index contributed by atoms with van der Waals surface area (Å²) in [5, 5.41) is 35.7. The van der Waals surface area contributed by atoms with Gasteiger partial charge in [0.25, 0.3) is 10.1 Å². The van der Waals surface area contributed by atoms with Crippen molar-refractivity contribution in [2.24, 2.45) is 20.5 Å². The van der Waals surface area contributed by atoms with Crippen LogP contribution in [0.5, 0.6) is 11.5 Å². The monoisotopic (exact) mass is 1090 g/mol. The van der Waals surface area contributed by atoms with Crippen LogP contribution in [0.15, 0.2) is 85.1 Å². The van der Waals surface area contributed by atoms with E-state index in [1.165, 1.54) is 35.2 Å². The minimum absolute atomic E-state index is 0.0910. The lowest BCUT2D eigenvalue weighted by Crippen LogP contribution is -2.22. The van der Waals surface area contributed by atoms with E-state index < -0.39 is 25.6 Å². The van der Waals surface area contributed by atoms with Crippen molar-refractivity contribution in [2.75, 3.05) is 73.2 Å². The van der Waals surface area contributed by atoms with Gasteiger partial charge >= 0.3 is 10.6 Å². The van der Waals surface area contributed by atoms with Gasteiger partial charge in [-0.25, -0.2) is 9.97 Å². The maximum absolute atomic E-state index is 12.2. The lowest BCUT2D eigenvalue weighted by molar-refractivity contribution is 0.322. The Bertz CT molecular complexity index is 3300. The minimum atomic E-state index is -4.68. The average Bonchev–Trinajstić information content (AvgIpc) is 3.93. The molecule has 0 bridgehead atoms. The van der Waals surface area contributed by atoms with Crippen molar-refractivity contribution in [2.45, 2.75) is 37.7 Å². The Balaban J connectivity index is 0.00000193. The fourth-order valence-electron chi connectivity index (χ4n) is 6.68. The number of benzene rings is 4. The number of hydrogen-bond acceptors (Lipinski definition) is 24. The summed E-state index contributed by atoms with van der Waals surface area (Å²) in [6, 6.07) is 15.5. The molecule has 22 nitrogen and oxygen atoms in total. The summed E-state index contributed by atoms with van der Waals surface area (Å²) < 4.78 is 72.4. The van der Waals surface area contributed by atoms with Gasteiger partial charge in [-0.3, -0.25) is 4.55 Å². The number of thiazole rings is 2. The fourth-order valence-corrected chi connectivity index (χ4v) is 10.7. The summed E-state index contributed by atoms with van der Waals surface area (Å²) in [7, 11) is -4.65. The first-order valence-electron chi connectivity index (χ1n) is 20.7. The van der Waals surface area contributed by atoms with Gasteiger partial charge in [-0.15, -0.1) is 33.1 Å². The number of fused-ring (bicyclic) bond motifs is 2. The molecule has 0 aliphatic heterocycles. The molecule has 0 aliphatic carbocycles. The van der Waals surface area contributed by atoms with Gasteiger partial charge in [-0.1, -0.05) is 57.6 Å². The van der Waals surface area contributed by atoms with Gasteiger partial charge < -0.3 is 35.0 Å². The Morgan fingerprint density at radius 1 is 0.714 bits per heavy atom. The second kappa shape index (κ2) is 24.3. The molecule has 0 aliphatic rings. The third-order valence-electron chi connectivity index (χ3n) is 9.77. The molecule has 4 aromatic carbocycles. The van der Waals surface area contributed by atoms with Crippen LogP contribution in [0.4, 0.5) is 56.3 Å². The highest BCUT2D eigenvalue weighted by atomic mass is 35.5. The first kappa shape index (κ1) is 53.4. The van der Waals surface area contributed by atoms with Crippen LogP contribution in [0.25, 0.3) is 20.4 Å². The van der Waals surface area contributed by atoms with Crippen molar-refractivity contribution in [3.8, 4) is 11.5 Å². The molecule has 0 spiro atoms. The van der Waals surface area contributed by atoms with Crippen LogP contribution < -0.4 is 29.9 Å². The normalized spacial score (nSPS) is 11.6. The molecule has 0 radical (unpaired) electrons. The van der Waals surface area contributed by atoms with Crippen LogP contribution in [-0.2, 0) is 20.7 Å². The van der Waals surface area contributed by atoms with Gasteiger partial charge in [0, 0.05) is 49.1 Å². The maximum atomic E-state index is 12.2. The van der Waals surface area contributed by atoms with E-state index in [1.807, 2.05) is 52.0 Å². The van der Waals surface area contributed by atoms with E-state index >= 15 is 0 Å². The molecule has 370 valence electrons. The van der Waals surface area contributed by atoms with Gasteiger partial charge in [-0.2, -0.15) is 23.4 Å². The SMILES string of the molecule is CCN(CC)c1cc(Nc2nc(Nc3cc(N(CC)CC)c(OC)cc3N=Nc3nc4ccc(Cl)c(S(=O)(=O)O)c4s3)nc(SCCO)n2)c(N=Nc2nc3ccc(Cl)cc3s2)cc1OC.O=S(=O)=O.